The van der Waals surface area contributed by atoms with Gasteiger partial charge in [0.2, 0.25) is 0 Å². The predicted molar refractivity (Wildman–Crippen MR) is 81.0 cm³/mol. The molecule has 0 aliphatic rings. The van der Waals surface area contributed by atoms with Gasteiger partial charge in [-0.3, -0.25) is 0 Å². The molecular formula is C16H14BrNO2. The lowest BCUT2D eigenvalue weighted by Gasteiger charge is -2.10. The van der Waals surface area contributed by atoms with E-state index < -0.39 is 0 Å². The Balaban J connectivity index is 1.84. The first-order chi connectivity index (χ1) is 9.69. The Morgan fingerprint density at radius 1 is 1.10 bits per heavy atom. The zero-order chi connectivity index (χ0) is 14.4. The minimum Gasteiger partial charge on any atom is -0.490 e. The van der Waals surface area contributed by atoms with Gasteiger partial charge in [0.05, 0.1) is 11.6 Å². The van der Waals surface area contributed by atoms with Crippen LogP contribution in [0.3, 0.4) is 0 Å². The summed E-state index contributed by atoms with van der Waals surface area (Å²) >= 11 is 3.42. The maximum atomic E-state index is 8.80. The van der Waals surface area contributed by atoms with Crippen LogP contribution in [0.1, 0.15) is 11.1 Å². The van der Waals surface area contributed by atoms with Crippen molar-refractivity contribution in [1.82, 2.24) is 0 Å². The van der Waals surface area contributed by atoms with Crippen molar-refractivity contribution in [1.29, 1.82) is 5.26 Å². The molecule has 0 amide bonds. The maximum absolute atomic E-state index is 8.80. The SMILES string of the molecule is Cc1ccc(Br)cc1OCCOc1cccc(C#N)c1. The quantitative estimate of drug-likeness (QED) is 0.775. The highest BCUT2D eigenvalue weighted by Gasteiger charge is 2.01. The fourth-order valence-corrected chi connectivity index (χ4v) is 2.04. The van der Waals surface area contributed by atoms with Gasteiger partial charge >= 0.3 is 0 Å². The van der Waals surface area contributed by atoms with Gasteiger partial charge < -0.3 is 9.47 Å². The summed E-state index contributed by atoms with van der Waals surface area (Å²) in [5, 5.41) is 8.80. The minimum atomic E-state index is 0.431. The van der Waals surface area contributed by atoms with E-state index in [2.05, 4.69) is 22.0 Å². The molecule has 2 rings (SSSR count). The Morgan fingerprint density at radius 3 is 2.70 bits per heavy atom. The monoisotopic (exact) mass is 331 g/mol. The van der Waals surface area contributed by atoms with E-state index in [9.17, 15) is 0 Å². The van der Waals surface area contributed by atoms with Crippen molar-refractivity contribution in [2.45, 2.75) is 6.92 Å². The van der Waals surface area contributed by atoms with Crippen LogP contribution in [0.4, 0.5) is 0 Å². The van der Waals surface area contributed by atoms with Crippen LogP contribution in [0.2, 0.25) is 0 Å². The number of ether oxygens (including phenoxy) is 2. The van der Waals surface area contributed by atoms with Gasteiger partial charge in [-0.25, -0.2) is 0 Å². The fourth-order valence-electron chi connectivity index (χ4n) is 1.70. The topological polar surface area (TPSA) is 42.2 Å². The highest BCUT2D eigenvalue weighted by molar-refractivity contribution is 9.10. The van der Waals surface area contributed by atoms with E-state index >= 15 is 0 Å². The van der Waals surface area contributed by atoms with E-state index in [1.165, 1.54) is 0 Å². The Bertz CT molecular complexity index is 635. The molecule has 0 N–H and O–H groups in total. The van der Waals surface area contributed by atoms with Crippen LogP contribution in [0, 0.1) is 18.3 Å². The molecule has 102 valence electrons. The van der Waals surface area contributed by atoms with Crippen molar-refractivity contribution in [3.8, 4) is 17.6 Å². The summed E-state index contributed by atoms with van der Waals surface area (Å²) in [6.45, 7) is 2.88. The summed E-state index contributed by atoms with van der Waals surface area (Å²) in [5.41, 5.74) is 1.67. The molecule has 0 saturated heterocycles. The number of nitrogens with zero attached hydrogens (tertiary/aromatic N) is 1. The van der Waals surface area contributed by atoms with E-state index in [-0.39, 0.29) is 0 Å². The average Bonchev–Trinajstić information content (AvgIpc) is 2.47. The lowest BCUT2D eigenvalue weighted by atomic mass is 10.2. The van der Waals surface area contributed by atoms with Crippen LogP contribution in [0.15, 0.2) is 46.9 Å². The molecule has 0 aliphatic carbocycles. The third-order valence-corrected chi connectivity index (χ3v) is 3.22. The van der Waals surface area contributed by atoms with Crippen molar-refractivity contribution in [2.75, 3.05) is 13.2 Å². The lowest BCUT2D eigenvalue weighted by molar-refractivity contribution is 0.216. The van der Waals surface area contributed by atoms with Crippen molar-refractivity contribution in [3.05, 3.63) is 58.1 Å². The summed E-state index contributed by atoms with van der Waals surface area (Å²) in [7, 11) is 0. The molecule has 0 aliphatic heterocycles. The maximum Gasteiger partial charge on any atom is 0.123 e. The molecule has 0 saturated carbocycles. The van der Waals surface area contributed by atoms with Crippen LogP contribution in [-0.2, 0) is 0 Å². The molecule has 3 nitrogen and oxygen atoms in total. The highest BCUT2D eigenvalue weighted by atomic mass is 79.9. The van der Waals surface area contributed by atoms with Gasteiger partial charge in [0.1, 0.15) is 24.7 Å². The first-order valence-corrected chi connectivity index (χ1v) is 7.00. The molecule has 2 aromatic rings. The highest BCUT2D eigenvalue weighted by Crippen LogP contribution is 2.22. The molecule has 0 radical (unpaired) electrons. The average molecular weight is 332 g/mol. The molecular weight excluding hydrogens is 318 g/mol. The van der Waals surface area contributed by atoms with Gasteiger partial charge in [0, 0.05) is 4.47 Å². The first kappa shape index (κ1) is 14.4. The number of hydrogen-bond donors (Lipinski definition) is 0. The van der Waals surface area contributed by atoms with E-state index in [0.29, 0.717) is 24.5 Å². The normalized spacial score (nSPS) is 9.85. The zero-order valence-corrected chi connectivity index (χ0v) is 12.7. The summed E-state index contributed by atoms with van der Waals surface area (Å²) in [6, 6.07) is 15.1. The first-order valence-electron chi connectivity index (χ1n) is 6.21. The van der Waals surface area contributed by atoms with Crippen LogP contribution in [-0.4, -0.2) is 13.2 Å². The van der Waals surface area contributed by atoms with Crippen molar-refractivity contribution >= 4 is 15.9 Å². The molecule has 0 heterocycles. The number of rotatable bonds is 5. The summed E-state index contributed by atoms with van der Waals surface area (Å²) < 4.78 is 12.2. The molecule has 2 aromatic carbocycles. The largest absolute Gasteiger partial charge is 0.490 e. The van der Waals surface area contributed by atoms with Crippen LogP contribution in [0.5, 0.6) is 11.5 Å². The molecule has 4 heteroatoms. The van der Waals surface area contributed by atoms with E-state index in [1.54, 1.807) is 18.2 Å². The van der Waals surface area contributed by atoms with Gasteiger partial charge in [-0.1, -0.05) is 28.1 Å². The van der Waals surface area contributed by atoms with Gasteiger partial charge in [-0.05, 0) is 42.8 Å². The smallest absolute Gasteiger partial charge is 0.123 e. The molecule has 0 bridgehead atoms. The summed E-state index contributed by atoms with van der Waals surface area (Å²) in [6.07, 6.45) is 0. The van der Waals surface area contributed by atoms with E-state index in [0.717, 1.165) is 15.8 Å². The minimum absolute atomic E-state index is 0.431. The molecule has 0 unspecified atom stereocenters. The van der Waals surface area contributed by atoms with Gasteiger partial charge in [0.25, 0.3) is 0 Å². The Labute approximate surface area is 126 Å². The number of aryl methyl sites for hydroxylation is 1. The standard InChI is InChI=1S/C16H14BrNO2/c1-12-5-6-14(17)10-16(12)20-8-7-19-15-4-2-3-13(9-15)11-18/h2-6,9-10H,7-8H2,1H3. The Kier molecular flexibility index (Phi) is 5.03. The van der Waals surface area contributed by atoms with Gasteiger partial charge in [-0.2, -0.15) is 5.26 Å². The van der Waals surface area contributed by atoms with E-state index in [4.69, 9.17) is 14.7 Å². The fraction of sp³-hybridized carbons (Fsp3) is 0.188. The number of nitriles is 1. The van der Waals surface area contributed by atoms with Crippen molar-refractivity contribution in [2.24, 2.45) is 0 Å². The summed E-state index contributed by atoms with van der Waals surface area (Å²) in [5.74, 6) is 1.52. The molecule has 0 fully saturated rings. The van der Waals surface area contributed by atoms with Gasteiger partial charge in [0.15, 0.2) is 0 Å². The molecule has 0 aromatic heterocycles. The second kappa shape index (κ2) is 6.97. The number of hydrogen-bond acceptors (Lipinski definition) is 3. The zero-order valence-electron chi connectivity index (χ0n) is 11.1. The lowest BCUT2D eigenvalue weighted by Crippen LogP contribution is -2.09. The van der Waals surface area contributed by atoms with Crippen molar-refractivity contribution < 1.29 is 9.47 Å². The Morgan fingerprint density at radius 2 is 1.90 bits per heavy atom. The number of halogens is 1. The van der Waals surface area contributed by atoms with E-state index in [1.807, 2.05) is 31.2 Å². The van der Waals surface area contributed by atoms with Crippen LogP contribution >= 0.6 is 15.9 Å². The number of benzene rings is 2. The molecule has 0 atom stereocenters. The third-order valence-electron chi connectivity index (χ3n) is 2.72. The van der Waals surface area contributed by atoms with Gasteiger partial charge in [-0.15, -0.1) is 0 Å². The van der Waals surface area contributed by atoms with Crippen LogP contribution < -0.4 is 9.47 Å². The Hall–Kier alpha value is -1.99. The summed E-state index contributed by atoms with van der Waals surface area (Å²) in [4.78, 5) is 0. The third kappa shape index (κ3) is 4.01. The predicted octanol–water partition coefficient (Wildman–Crippen LogP) is 4.09. The second-order valence-electron chi connectivity index (χ2n) is 4.25. The molecule has 20 heavy (non-hydrogen) atoms. The van der Waals surface area contributed by atoms with Crippen molar-refractivity contribution in [3.63, 3.8) is 0 Å². The molecule has 0 spiro atoms. The second-order valence-corrected chi connectivity index (χ2v) is 5.16. The van der Waals surface area contributed by atoms with Crippen LogP contribution in [0.25, 0.3) is 0 Å².